The second-order valence-corrected chi connectivity index (χ2v) is 6.62. The molecule has 0 spiro atoms. The van der Waals surface area contributed by atoms with Crippen LogP contribution < -0.4 is 10.0 Å². The van der Waals surface area contributed by atoms with Crippen molar-refractivity contribution in [2.75, 3.05) is 11.8 Å². The molecule has 3 N–H and O–H groups in total. The lowest BCUT2D eigenvalue weighted by Crippen LogP contribution is -2.16. The van der Waals surface area contributed by atoms with Gasteiger partial charge in [-0.05, 0) is 45.5 Å². The van der Waals surface area contributed by atoms with Crippen LogP contribution in [0.25, 0.3) is 0 Å². The van der Waals surface area contributed by atoms with E-state index in [2.05, 4.69) is 20.2 Å². The van der Waals surface area contributed by atoms with E-state index in [1.165, 1.54) is 0 Å². The van der Waals surface area contributed by atoms with Crippen LogP contribution in [0.2, 0.25) is 0 Å². The molecule has 114 valence electrons. The summed E-state index contributed by atoms with van der Waals surface area (Å²) in [7, 11) is -1.78. The molecule has 1 atom stereocenters. The van der Waals surface area contributed by atoms with Gasteiger partial charge in [-0.1, -0.05) is 12.1 Å². The fourth-order valence-corrected chi connectivity index (χ4v) is 3.60. The molecule has 6 nitrogen and oxygen atoms in total. The second kappa shape index (κ2) is 5.87. The standard InChI is InChI=1S/C14H20N4O2S/c1-9(15-4)12-6-5-7-13(8-12)18-21(19,20)14-10(2)16-17-11(14)3/h5-9,15,18H,1-4H3,(H,16,17). The smallest absolute Gasteiger partial charge is 0.265 e. The van der Waals surface area contributed by atoms with E-state index in [4.69, 9.17) is 0 Å². The molecule has 0 fully saturated rings. The summed E-state index contributed by atoms with van der Waals surface area (Å²) in [5, 5.41) is 9.74. The highest BCUT2D eigenvalue weighted by atomic mass is 32.2. The van der Waals surface area contributed by atoms with Gasteiger partial charge in [-0.15, -0.1) is 0 Å². The number of hydrogen-bond donors (Lipinski definition) is 3. The van der Waals surface area contributed by atoms with Crippen molar-refractivity contribution in [3.63, 3.8) is 0 Å². The summed E-state index contributed by atoms with van der Waals surface area (Å²) < 4.78 is 27.5. The van der Waals surface area contributed by atoms with Gasteiger partial charge in [0.1, 0.15) is 4.90 Å². The Bertz CT molecular complexity index is 718. The molecule has 2 aromatic rings. The molecule has 0 aliphatic rings. The van der Waals surface area contributed by atoms with Crippen LogP contribution in [-0.2, 0) is 10.0 Å². The number of H-pyrrole nitrogens is 1. The van der Waals surface area contributed by atoms with Gasteiger partial charge in [-0.2, -0.15) is 5.10 Å². The molecule has 0 aliphatic carbocycles. The quantitative estimate of drug-likeness (QED) is 0.789. The van der Waals surface area contributed by atoms with E-state index >= 15 is 0 Å². The topological polar surface area (TPSA) is 86.9 Å². The zero-order chi connectivity index (χ0) is 15.6. The Morgan fingerprint density at radius 2 is 2.00 bits per heavy atom. The lowest BCUT2D eigenvalue weighted by Gasteiger charge is -2.13. The Hall–Kier alpha value is -1.86. The van der Waals surface area contributed by atoms with Crippen molar-refractivity contribution < 1.29 is 8.42 Å². The van der Waals surface area contributed by atoms with Crippen LogP contribution >= 0.6 is 0 Å². The van der Waals surface area contributed by atoms with Gasteiger partial charge in [0.05, 0.1) is 11.4 Å². The van der Waals surface area contributed by atoms with E-state index in [-0.39, 0.29) is 10.9 Å². The highest BCUT2D eigenvalue weighted by Crippen LogP contribution is 2.23. The third-order valence-corrected chi connectivity index (χ3v) is 5.04. The molecule has 1 heterocycles. The van der Waals surface area contributed by atoms with Crippen LogP contribution in [-0.4, -0.2) is 25.7 Å². The van der Waals surface area contributed by atoms with E-state index in [1.54, 1.807) is 19.9 Å². The van der Waals surface area contributed by atoms with Crippen molar-refractivity contribution in [1.29, 1.82) is 0 Å². The largest absolute Gasteiger partial charge is 0.313 e. The molecule has 0 bridgehead atoms. The fraction of sp³-hybridized carbons (Fsp3) is 0.357. The lowest BCUT2D eigenvalue weighted by molar-refractivity contribution is 0.600. The highest BCUT2D eigenvalue weighted by molar-refractivity contribution is 7.92. The van der Waals surface area contributed by atoms with Crippen LogP contribution in [0.5, 0.6) is 0 Å². The average molecular weight is 308 g/mol. The lowest BCUT2D eigenvalue weighted by atomic mass is 10.1. The molecule has 0 radical (unpaired) electrons. The molecule has 1 unspecified atom stereocenters. The number of benzene rings is 1. The molecule has 1 aromatic heterocycles. The van der Waals surface area contributed by atoms with Crippen molar-refractivity contribution >= 4 is 15.7 Å². The van der Waals surface area contributed by atoms with E-state index < -0.39 is 10.0 Å². The first-order chi connectivity index (χ1) is 9.85. The normalized spacial score (nSPS) is 13.1. The summed E-state index contributed by atoms with van der Waals surface area (Å²) in [6, 6.07) is 7.48. The number of aromatic nitrogens is 2. The van der Waals surface area contributed by atoms with E-state index in [1.807, 2.05) is 32.2 Å². The number of sulfonamides is 1. The maximum Gasteiger partial charge on any atom is 0.265 e. The number of rotatable bonds is 5. The number of nitrogens with zero attached hydrogens (tertiary/aromatic N) is 1. The number of aromatic amines is 1. The molecule has 1 aromatic carbocycles. The third kappa shape index (κ3) is 3.25. The SMILES string of the molecule is CNC(C)c1cccc(NS(=O)(=O)c2c(C)n[nH]c2C)c1. The van der Waals surface area contributed by atoms with Crippen LogP contribution in [0.1, 0.15) is 29.9 Å². The number of hydrogen-bond acceptors (Lipinski definition) is 4. The van der Waals surface area contributed by atoms with Crippen LogP contribution in [0.4, 0.5) is 5.69 Å². The summed E-state index contributed by atoms with van der Waals surface area (Å²) in [6.07, 6.45) is 0. The van der Waals surface area contributed by atoms with E-state index in [0.717, 1.165) is 5.56 Å². The first kappa shape index (κ1) is 15.5. The number of nitrogens with one attached hydrogen (secondary N) is 3. The first-order valence-electron chi connectivity index (χ1n) is 6.66. The van der Waals surface area contributed by atoms with Gasteiger partial charge in [0.25, 0.3) is 10.0 Å². The molecule has 7 heteroatoms. The number of aryl methyl sites for hydroxylation is 2. The van der Waals surface area contributed by atoms with Gasteiger partial charge >= 0.3 is 0 Å². The third-order valence-electron chi connectivity index (χ3n) is 3.40. The van der Waals surface area contributed by atoms with Crippen molar-refractivity contribution in [3.05, 3.63) is 41.2 Å². The van der Waals surface area contributed by atoms with Gasteiger partial charge in [0, 0.05) is 11.7 Å². The predicted octanol–water partition coefficient (Wildman–Crippen LogP) is 2.11. The summed E-state index contributed by atoms with van der Waals surface area (Å²) >= 11 is 0. The van der Waals surface area contributed by atoms with E-state index in [9.17, 15) is 8.42 Å². The van der Waals surface area contributed by atoms with Gasteiger partial charge in [0.15, 0.2) is 0 Å². The molecular weight excluding hydrogens is 288 g/mol. The summed E-state index contributed by atoms with van der Waals surface area (Å²) in [5.74, 6) is 0. The molecule has 21 heavy (non-hydrogen) atoms. The minimum Gasteiger partial charge on any atom is -0.313 e. The molecule has 0 amide bonds. The Labute approximate surface area is 125 Å². The van der Waals surface area contributed by atoms with Crippen LogP contribution in [0.15, 0.2) is 29.2 Å². The van der Waals surface area contributed by atoms with E-state index in [0.29, 0.717) is 17.1 Å². The number of anilines is 1. The molecule has 0 saturated carbocycles. The Morgan fingerprint density at radius 1 is 1.29 bits per heavy atom. The second-order valence-electron chi connectivity index (χ2n) is 5.00. The fourth-order valence-electron chi connectivity index (χ4n) is 2.18. The average Bonchev–Trinajstić information content (AvgIpc) is 2.77. The summed E-state index contributed by atoms with van der Waals surface area (Å²) in [6.45, 7) is 5.36. The molecular formula is C14H20N4O2S. The van der Waals surface area contributed by atoms with Gasteiger partial charge in [0.2, 0.25) is 0 Å². The zero-order valence-electron chi connectivity index (χ0n) is 12.6. The molecule has 0 saturated heterocycles. The Kier molecular flexibility index (Phi) is 4.34. The highest BCUT2D eigenvalue weighted by Gasteiger charge is 2.22. The van der Waals surface area contributed by atoms with Crippen LogP contribution in [0.3, 0.4) is 0 Å². The maximum atomic E-state index is 12.5. The Balaban J connectivity index is 2.34. The van der Waals surface area contributed by atoms with Crippen LogP contribution in [0, 0.1) is 13.8 Å². The van der Waals surface area contributed by atoms with Gasteiger partial charge < -0.3 is 5.32 Å². The minimum absolute atomic E-state index is 0.145. The maximum absolute atomic E-state index is 12.5. The zero-order valence-corrected chi connectivity index (χ0v) is 13.4. The molecule has 0 aliphatic heterocycles. The van der Waals surface area contributed by atoms with Crippen molar-refractivity contribution in [3.8, 4) is 0 Å². The monoisotopic (exact) mass is 308 g/mol. The Morgan fingerprint density at radius 3 is 2.57 bits per heavy atom. The van der Waals surface area contributed by atoms with Crippen molar-refractivity contribution in [2.45, 2.75) is 31.7 Å². The summed E-state index contributed by atoms with van der Waals surface area (Å²) in [5.41, 5.74) is 2.53. The first-order valence-corrected chi connectivity index (χ1v) is 8.15. The van der Waals surface area contributed by atoms with Gasteiger partial charge in [-0.3, -0.25) is 9.82 Å². The van der Waals surface area contributed by atoms with Crippen molar-refractivity contribution in [1.82, 2.24) is 15.5 Å². The van der Waals surface area contributed by atoms with Crippen molar-refractivity contribution in [2.24, 2.45) is 0 Å². The molecule has 2 rings (SSSR count). The summed E-state index contributed by atoms with van der Waals surface area (Å²) in [4.78, 5) is 0.203. The van der Waals surface area contributed by atoms with Gasteiger partial charge in [-0.25, -0.2) is 8.42 Å². The predicted molar refractivity (Wildman–Crippen MR) is 82.8 cm³/mol. The minimum atomic E-state index is -3.64.